The van der Waals surface area contributed by atoms with Crippen LogP contribution in [0.3, 0.4) is 0 Å². The van der Waals surface area contributed by atoms with Gasteiger partial charge in [-0.2, -0.15) is 11.8 Å². The average Bonchev–Trinajstić information content (AvgIpc) is 2.30. The number of hydrogen-bond acceptors (Lipinski definition) is 2. The molecule has 0 amide bonds. The Bertz CT molecular complexity index is 290. The molecule has 0 saturated heterocycles. The fraction of sp³-hybridized carbons (Fsp3) is 0.571. The molecule has 0 bridgehead atoms. The molecule has 0 radical (unpaired) electrons. The minimum Gasteiger partial charge on any atom is -0.297 e. The number of benzene rings is 1. The lowest BCUT2D eigenvalue weighted by atomic mass is 10.2. The van der Waals surface area contributed by atoms with Gasteiger partial charge in [-0.15, -0.1) is 11.6 Å². The van der Waals surface area contributed by atoms with Crippen LogP contribution < -0.4 is 0 Å². The zero-order valence-corrected chi connectivity index (χ0v) is 12.3. The first kappa shape index (κ1) is 14.9. The molecule has 0 saturated carbocycles. The molecular formula is C14H22ClNS. The Morgan fingerprint density at radius 1 is 1.18 bits per heavy atom. The second-order valence-corrected chi connectivity index (χ2v) is 6.43. The Labute approximate surface area is 115 Å². The quantitative estimate of drug-likeness (QED) is 0.661. The lowest BCUT2D eigenvalue weighted by molar-refractivity contribution is 0.300. The van der Waals surface area contributed by atoms with E-state index in [0.717, 1.165) is 19.6 Å². The zero-order chi connectivity index (χ0) is 12.5. The van der Waals surface area contributed by atoms with E-state index in [-0.39, 0.29) is 0 Å². The minimum atomic E-state index is 0.708. The Morgan fingerprint density at radius 2 is 1.88 bits per heavy atom. The van der Waals surface area contributed by atoms with Crippen LogP contribution in [0.4, 0.5) is 0 Å². The van der Waals surface area contributed by atoms with Gasteiger partial charge in [-0.25, -0.2) is 0 Å². The molecule has 0 N–H and O–H groups in total. The molecule has 0 atom stereocenters. The van der Waals surface area contributed by atoms with Crippen molar-refractivity contribution in [2.45, 2.75) is 25.6 Å². The van der Waals surface area contributed by atoms with Crippen LogP contribution in [0.2, 0.25) is 0 Å². The smallest absolute Gasteiger partial charge is 0.0351 e. The molecule has 1 nitrogen and oxygen atoms in total. The van der Waals surface area contributed by atoms with E-state index in [4.69, 9.17) is 11.6 Å². The van der Waals surface area contributed by atoms with Crippen LogP contribution in [0.15, 0.2) is 30.3 Å². The highest BCUT2D eigenvalue weighted by atomic mass is 35.5. The van der Waals surface area contributed by atoms with Gasteiger partial charge in [0.25, 0.3) is 0 Å². The molecule has 0 aromatic heterocycles. The lowest BCUT2D eigenvalue weighted by Gasteiger charge is -2.21. The first-order valence-electron chi connectivity index (χ1n) is 6.16. The Kier molecular flexibility index (Phi) is 7.74. The number of thioether (sulfide) groups is 1. The second kappa shape index (κ2) is 8.84. The molecule has 17 heavy (non-hydrogen) atoms. The molecule has 0 aliphatic rings. The second-order valence-electron chi connectivity index (χ2n) is 4.37. The van der Waals surface area contributed by atoms with Gasteiger partial charge in [0.2, 0.25) is 0 Å². The van der Waals surface area contributed by atoms with Gasteiger partial charge in [0.15, 0.2) is 0 Å². The van der Waals surface area contributed by atoms with E-state index >= 15 is 0 Å². The van der Waals surface area contributed by atoms with Crippen molar-refractivity contribution < 1.29 is 0 Å². The number of rotatable bonds is 8. The van der Waals surface area contributed by atoms with E-state index < -0.39 is 0 Å². The molecule has 1 aromatic carbocycles. The van der Waals surface area contributed by atoms with Gasteiger partial charge < -0.3 is 0 Å². The third-order valence-electron chi connectivity index (χ3n) is 2.51. The third-order valence-corrected chi connectivity index (χ3v) is 3.76. The summed E-state index contributed by atoms with van der Waals surface area (Å²) in [6.45, 7) is 7.58. The molecular weight excluding hydrogens is 250 g/mol. The summed E-state index contributed by atoms with van der Waals surface area (Å²) in [4.78, 5) is 2.43. The van der Waals surface area contributed by atoms with Crippen LogP contribution in [0, 0.1) is 0 Å². The highest BCUT2D eigenvalue weighted by Crippen LogP contribution is 2.11. The number of nitrogens with zero attached hydrogens (tertiary/aromatic N) is 1. The summed E-state index contributed by atoms with van der Waals surface area (Å²) in [6.07, 6.45) is 0. The first-order valence-corrected chi connectivity index (χ1v) is 7.74. The van der Waals surface area contributed by atoms with E-state index in [9.17, 15) is 0 Å². The summed E-state index contributed by atoms with van der Waals surface area (Å²) in [5.41, 5.74) is 1.37. The fourth-order valence-electron chi connectivity index (χ4n) is 1.65. The Balaban J connectivity index is 2.37. The van der Waals surface area contributed by atoms with Gasteiger partial charge >= 0.3 is 0 Å². The van der Waals surface area contributed by atoms with Crippen molar-refractivity contribution in [2.24, 2.45) is 0 Å². The molecule has 0 fully saturated rings. The number of halogens is 1. The van der Waals surface area contributed by atoms with E-state index in [1.807, 2.05) is 11.8 Å². The topological polar surface area (TPSA) is 3.24 Å². The van der Waals surface area contributed by atoms with E-state index in [0.29, 0.717) is 11.1 Å². The molecule has 1 rings (SSSR count). The molecule has 0 aliphatic carbocycles. The molecule has 0 spiro atoms. The lowest BCUT2D eigenvalue weighted by Crippen LogP contribution is -2.28. The predicted molar refractivity (Wildman–Crippen MR) is 80.0 cm³/mol. The molecule has 3 heteroatoms. The Morgan fingerprint density at radius 3 is 2.47 bits per heavy atom. The summed E-state index contributed by atoms with van der Waals surface area (Å²) >= 11 is 7.87. The van der Waals surface area contributed by atoms with Gasteiger partial charge in [0.05, 0.1) is 0 Å². The largest absolute Gasteiger partial charge is 0.297 e. The summed E-state index contributed by atoms with van der Waals surface area (Å²) in [5.74, 6) is 1.89. The predicted octanol–water partition coefficient (Wildman–Crippen LogP) is 3.87. The van der Waals surface area contributed by atoms with Crippen molar-refractivity contribution in [2.75, 3.05) is 24.7 Å². The van der Waals surface area contributed by atoms with Crippen molar-refractivity contribution in [1.82, 2.24) is 4.90 Å². The van der Waals surface area contributed by atoms with Crippen LogP contribution in [0.25, 0.3) is 0 Å². The van der Waals surface area contributed by atoms with Crippen molar-refractivity contribution in [1.29, 1.82) is 0 Å². The van der Waals surface area contributed by atoms with Gasteiger partial charge in [-0.3, -0.25) is 4.90 Å². The van der Waals surface area contributed by atoms with E-state index in [2.05, 4.69) is 49.1 Å². The molecule has 96 valence electrons. The third kappa shape index (κ3) is 6.97. The van der Waals surface area contributed by atoms with Crippen molar-refractivity contribution in [3.05, 3.63) is 35.9 Å². The van der Waals surface area contributed by atoms with Crippen molar-refractivity contribution in [3.8, 4) is 0 Å². The minimum absolute atomic E-state index is 0.708. The summed E-state index contributed by atoms with van der Waals surface area (Å²) in [5, 5.41) is 0.713. The molecule has 0 unspecified atom stereocenters. The van der Waals surface area contributed by atoms with Crippen LogP contribution in [0.1, 0.15) is 19.4 Å². The van der Waals surface area contributed by atoms with E-state index in [1.54, 1.807) is 0 Å². The van der Waals surface area contributed by atoms with Crippen LogP contribution in [-0.4, -0.2) is 34.9 Å². The standard InChI is InChI=1S/C14H22ClNS/c1-13(2)17-11-10-16(9-8-15)12-14-6-4-3-5-7-14/h3-7,13H,8-12H2,1-2H3. The summed E-state index contributed by atoms with van der Waals surface area (Å²) in [7, 11) is 0. The van der Waals surface area contributed by atoms with Crippen LogP contribution >= 0.6 is 23.4 Å². The monoisotopic (exact) mass is 271 g/mol. The summed E-state index contributed by atoms with van der Waals surface area (Å²) < 4.78 is 0. The summed E-state index contributed by atoms with van der Waals surface area (Å²) in [6, 6.07) is 10.6. The van der Waals surface area contributed by atoms with Crippen LogP contribution in [0.5, 0.6) is 0 Å². The van der Waals surface area contributed by atoms with Gasteiger partial charge in [0, 0.05) is 31.3 Å². The zero-order valence-electron chi connectivity index (χ0n) is 10.7. The van der Waals surface area contributed by atoms with Gasteiger partial charge in [-0.1, -0.05) is 44.2 Å². The number of hydrogen-bond donors (Lipinski definition) is 0. The molecule has 0 heterocycles. The van der Waals surface area contributed by atoms with Crippen LogP contribution in [-0.2, 0) is 6.54 Å². The fourth-order valence-corrected chi connectivity index (χ4v) is 2.72. The highest BCUT2D eigenvalue weighted by molar-refractivity contribution is 7.99. The average molecular weight is 272 g/mol. The van der Waals surface area contributed by atoms with Crippen molar-refractivity contribution in [3.63, 3.8) is 0 Å². The SMILES string of the molecule is CC(C)SCCN(CCCl)Cc1ccccc1. The van der Waals surface area contributed by atoms with E-state index in [1.165, 1.54) is 11.3 Å². The number of alkyl halides is 1. The maximum absolute atomic E-state index is 5.86. The highest BCUT2D eigenvalue weighted by Gasteiger charge is 2.05. The van der Waals surface area contributed by atoms with Crippen molar-refractivity contribution >= 4 is 23.4 Å². The molecule has 0 aliphatic heterocycles. The normalized spacial score (nSPS) is 11.4. The maximum atomic E-state index is 5.86. The van der Waals surface area contributed by atoms with Gasteiger partial charge in [0.1, 0.15) is 0 Å². The maximum Gasteiger partial charge on any atom is 0.0351 e. The van der Waals surface area contributed by atoms with Gasteiger partial charge in [-0.05, 0) is 10.8 Å². The molecule has 1 aromatic rings. The first-order chi connectivity index (χ1) is 8.22. The Hall–Kier alpha value is -0.180.